The van der Waals surface area contributed by atoms with Gasteiger partial charge >= 0.3 is 6.18 Å². The second-order valence-electron chi connectivity index (χ2n) is 4.34. The Bertz CT molecular complexity index is 391. The lowest BCUT2D eigenvalue weighted by Gasteiger charge is -2.11. The summed E-state index contributed by atoms with van der Waals surface area (Å²) in [5, 5.41) is 3.28. The average molecular weight is 260 g/mol. The molecule has 0 aromatic carbocycles. The van der Waals surface area contributed by atoms with Crippen LogP contribution < -0.4 is 10.1 Å². The Labute approximate surface area is 103 Å². The Balaban J connectivity index is 1.85. The van der Waals surface area contributed by atoms with Gasteiger partial charge in [-0.1, -0.05) is 6.07 Å². The summed E-state index contributed by atoms with van der Waals surface area (Å²) in [5.74, 6) is 0.287. The lowest BCUT2D eigenvalue weighted by atomic mass is 10.2. The van der Waals surface area contributed by atoms with Gasteiger partial charge in [-0.15, -0.1) is 0 Å². The van der Waals surface area contributed by atoms with Gasteiger partial charge in [0.25, 0.3) is 0 Å². The second kappa shape index (κ2) is 5.56. The molecule has 18 heavy (non-hydrogen) atoms. The summed E-state index contributed by atoms with van der Waals surface area (Å²) in [5.41, 5.74) is 0.798. The molecule has 1 aromatic rings. The average Bonchev–Trinajstić information content (AvgIpc) is 3.10. The van der Waals surface area contributed by atoms with E-state index in [9.17, 15) is 13.2 Å². The van der Waals surface area contributed by atoms with Crippen molar-refractivity contribution >= 4 is 0 Å². The van der Waals surface area contributed by atoms with Crippen LogP contribution >= 0.6 is 0 Å². The zero-order chi connectivity index (χ0) is 13.0. The number of nitrogens with one attached hydrogen (secondary N) is 1. The molecule has 1 saturated carbocycles. The van der Waals surface area contributed by atoms with Crippen LogP contribution in [0.5, 0.6) is 5.88 Å². The van der Waals surface area contributed by atoms with E-state index in [1.165, 1.54) is 6.20 Å². The normalized spacial score (nSPS) is 15.7. The quantitative estimate of drug-likeness (QED) is 0.853. The summed E-state index contributed by atoms with van der Waals surface area (Å²) in [6.45, 7) is 0.191. The fourth-order valence-electron chi connectivity index (χ4n) is 1.49. The number of rotatable bonds is 6. The molecular formula is C12H15F3N2O. The van der Waals surface area contributed by atoms with Crippen molar-refractivity contribution in [3.8, 4) is 5.88 Å². The summed E-state index contributed by atoms with van der Waals surface area (Å²) in [7, 11) is 0. The van der Waals surface area contributed by atoms with E-state index in [2.05, 4.69) is 10.3 Å². The van der Waals surface area contributed by atoms with Gasteiger partial charge < -0.3 is 10.1 Å². The summed E-state index contributed by atoms with van der Waals surface area (Å²) >= 11 is 0. The van der Waals surface area contributed by atoms with Crippen LogP contribution in [-0.4, -0.2) is 23.8 Å². The molecule has 1 aliphatic carbocycles. The SMILES string of the molecule is FC(F)(F)CCOc1ncccc1CNC1CC1. The van der Waals surface area contributed by atoms with E-state index in [1.54, 1.807) is 6.07 Å². The van der Waals surface area contributed by atoms with Crippen molar-refractivity contribution in [1.29, 1.82) is 0 Å². The number of nitrogens with zero attached hydrogens (tertiary/aromatic N) is 1. The molecule has 0 amide bonds. The minimum Gasteiger partial charge on any atom is -0.477 e. The number of halogens is 3. The smallest absolute Gasteiger partial charge is 0.392 e. The summed E-state index contributed by atoms with van der Waals surface area (Å²) in [4.78, 5) is 3.97. The van der Waals surface area contributed by atoms with Crippen molar-refractivity contribution in [1.82, 2.24) is 10.3 Å². The van der Waals surface area contributed by atoms with E-state index in [0.29, 0.717) is 12.6 Å². The molecule has 0 aliphatic heterocycles. The first-order chi connectivity index (χ1) is 8.54. The van der Waals surface area contributed by atoms with Crippen molar-refractivity contribution in [2.24, 2.45) is 0 Å². The molecule has 0 atom stereocenters. The van der Waals surface area contributed by atoms with Gasteiger partial charge in [0.05, 0.1) is 13.0 Å². The van der Waals surface area contributed by atoms with Gasteiger partial charge in [-0.05, 0) is 18.9 Å². The van der Waals surface area contributed by atoms with Crippen LogP contribution in [0, 0.1) is 0 Å². The van der Waals surface area contributed by atoms with Gasteiger partial charge in [0.1, 0.15) is 0 Å². The first kappa shape index (κ1) is 13.1. The number of pyridine rings is 1. The van der Waals surface area contributed by atoms with Crippen molar-refractivity contribution < 1.29 is 17.9 Å². The third-order valence-corrected chi connectivity index (χ3v) is 2.63. The zero-order valence-corrected chi connectivity index (χ0v) is 9.83. The number of alkyl halides is 3. The first-order valence-electron chi connectivity index (χ1n) is 5.91. The molecule has 0 bridgehead atoms. The highest BCUT2D eigenvalue weighted by atomic mass is 19.4. The molecule has 6 heteroatoms. The molecule has 0 radical (unpaired) electrons. The van der Waals surface area contributed by atoms with E-state index < -0.39 is 19.2 Å². The van der Waals surface area contributed by atoms with Gasteiger partial charge in [0.15, 0.2) is 0 Å². The predicted molar refractivity (Wildman–Crippen MR) is 60.3 cm³/mol. The molecule has 0 unspecified atom stereocenters. The molecule has 0 spiro atoms. The van der Waals surface area contributed by atoms with Gasteiger partial charge in [-0.3, -0.25) is 0 Å². The Hall–Kier alpha value is -1.30. The third-order valence-electron chi connectivity index (χ3n) is 2.63. The van der Waals surface area contributed by atoms with Crippen molar-refractivity contribution in [2.75, 3.05) is 6.61 Å². The summed E-state index contributed by atoms with van der Waals surface area (Å²) in [6.07, 6.45) is -1.32. The maximum atomic E-state index is 12.0. The van der Waals surface area contributed by atoms with Crippen LogP contribution in [0.4, 0.5) is 13.2 Å². The van der Waals surface area contributed by atoms with E-state index in [-0.39, 0.29) is 5.88 Å². The van der Waals surface area contributed by atoms with Crippen LogP contribution in [0.25, 0.3) is 0 Å². The Morgan fingerprint density at radius 2 is 2.17 bits per heavy atom. The number of hydrogen-bond acceptors (Lipinski definition) is 3. The standard InChI is InChI=1S/C12H15F3N2O/c13-12(14,15)5-7-18-11-9(2-1-6-16-11)8-17-10-3-4-10/h1-2,6,10,17H,3-5,7-8H2. The fraction of sp³-hybridized carbons (Fsp3) is 0.583. The van der Waals surface area contributed by atoms with E-state index >= 15 is 0 Å². The zero-order valence-electron chi connectivity index (χ0n) is 9.83. The first-order valence-corrected chi connectivity index (χ1v) is 5.91. The van der Waals surface area contributed by atoms with Crippen LogP contribution in [0.15, 0.2) is 18.3 Å². The lowest BCUT2D eigenvalue weighted by molar-refractivity contribution is -0.139. The van der Waals surface area contributed by atoms with Crippen LogP contribution in [0.2, 0.25) is 0 Å². The minimum atomic E-state index is -4.19. The molecule has 1 aliphatic rings. The molecule has 1 fully saturated rings. The topological polar surface area (TPSA) is 34.1 Å². The maximum absolute atomic E-state index is 12.0. The maximum Gasteiger partial charge on any atom is 0.392 e. The number of aromatic nitrogens is 1. The van der Waals surface area contributed by atoms with Crippen LogP contribution in [-0.2, 0) is 6.54 Å². The fourth-order valence-corrected chi connectivity index (χ4v) is 1.49. The van der Waals surface area contributed by atoms with Crippen molar-refractivity contribution in [3.63, 3.8) is 0 Å². The summed E-state index contributed by atoms with van der Waals surface area (Å²) < 4.78 is 41.1. The van der Waals surface area contributed by atoms with E-state index in [0.717, 1.165) is 18.4 Å². The second-order valence-corrected chi connectivity index (χ2v) is 4.34. The van der Waals surface area contributed by atoms with Gasteiger partial charge in [-0.2, -0.15) is 13.2 Å². The lowest BCUT2D eigenvalue weighted by Crippen LogP contribution is -2.18. The Morgan fingerprint density at radius 1 is 1.39 bits per heavy atom. The number of ether oxygens (including phenoxy) is 1. The monoisotopic (exact) mass is 260 g/mol. The third kappa shape index (κ3) is 4.52. The largest absolute Gasteiger partial charge is 0.477 e. The molecule has 0 saturated heterocycles. The molecule has 3 nitrogen and oxygen atoms in total. The highest BCUT2D eigenvalue weighted by molar-refractivity contribution is 5.25. The Kier molecular flexibility index (Phi) is 4.06. The predicted octanol–water partition coefficient (Wildman–Crippen LogP) is 2.66. The molecule has 1 N–H and O–H groups in total. The highest BCUT2D eigenvalue weighted by Gasteiger charge is 2.27. The van der Waals surface area contributed by atoms with Crippen LogP contribution in [0.1, 0.15) is 24.8 Å². The molecule has 1 heterocycles. The number of hydrogen-bond donors (Lipinski definition) is 1. The molecule has 1 aromatic heterocycles. The summed E-state index contributed by atoms with van der Waals surface area (Å²) in [6, 6.07) is 4.10. The van der Waals surface area contributed by atoms with Gasteiger partial charge in [0, 0.05) is 24.3 Å². The Morgan fingerprint density at radius 3 is 2.83 bits per heavy atom. The molecular weight excluding hydrogens is 245 g/mol. The highest BCUT2D eigenvalue weighted by Crippen LogP contribution is 2.23. The van der Waals surface area contributed by atoms with Crippen molar-refractivity contribution in [2.45, 2.75) is 38.0 Å². The molecule has 100 valence electrons. The van der Waals surface area contributed by atoms with E-state index in [4.69, 9.17) is 4.74 Å². The molecule has 2 rings (SSSR count). The minimum absolute atomic E-state index is 0.287. The van der Waals surface area contributed by atoms with Crippen molar-refractivity contribution in [3.05, 3.63) is 23.9 Å². The van der Waals surface area contributed by atoms with Gasteiger partial charge in [-0.25, -0.2) is 4.98 Å². The van der Waals surface area contributed by atoms with E-state index in [1.807, 2.05) is 6.07 Å². The van der Waals surface area contributed by atoms with Gasteiger partial charge in [0.2, 0.25) is 5.88 Å². The van der Waals surface area contributed by atoms with Crippen LogP contribution in [0.3, 0.4) is 0 Å².